The van der Waals surface area contributed by atoms with Crippen LogP contribution in [0.2, 0.25) is 0 Å². The number of nitrogens with two attached hydrogens (primary N) is 1. The van der Waals surface area contributed by atoms with Gasteiger partial charge in [0.1, 0.15) is 17.4 Å². The number of piperazine rings is 1. The van der Waals surface area contributed by atoms with Crippen LogP contribution in [-0.4, -0.2) is 64.5 Å². The van der Waals surface area contributed by atoms with Crippen molar-refractivity contribution >= 4 is 34.4 Å². The van der Waals surface area contributed by atoms with Gasteiger partial charge < -0.3 is 25.0 Å². The van der Waals surface area contributed by atoms with Crippen LogP contribution in [0.4, 0.5) is 10.2 Å². The van der Waals surface area contributed by atoms with Crippen molar-refractivity contribution in [2.45, 2.75) is 32.5 Å². The first-order chi connectivity index (χ1) is 17.0. The highest BCUT2D eigenvalue weighted by atomic mass is 19.1. The number of nitrogens with zero attached hydrogens (tertiary/aromatic N) is 3. The molecule has 1 fully saturated rings. The van der Waals surface area contributed by atoms with Gasteiger partial charge >= 0.3 is 5.97 Å². The van der Waals surface area contributed by atoms with Crippen LogP contribution in [0.15, 0.2) is 36.4 Å². The average molecular weight is 497 g/mol. The number of aliphatic carboxylic acids is 1. The molecule has 190 valence electrons. The van der Waals surface area contributed by atoms with Crippen molar-refractivity contribution in [3.8, 4) is 5.75 Å². The summed E-state index contributed by atoms with van der Waals surface area (Å²) in [6, 6.07) is 9.38. The van der Waals surface area contributed by atoms with Crippen LogP contribution in [0.25, 0.3) is 10.9 Å². The Hall–Kier alpha value is -3.92. The van der Waals surface area contributed by atoms with E-state index in [1.807, 2.05) is 11.8 Å². The molecule has 10 heteroatoms. The molecule has 1 amide bonds. The number of halogens is 1. The molecule has 0 unspecified atom stereocenters. The molecular weight excluding hydrogens is 467 g/mol. The van der Waals surface area contributed by atoms with Crippen molar-refractivity contribution in [2.75, 3.05) is 25.1 Å². The van der Waals surface area contributed by atoms with Gasteiger partial charge in [-0.05, 0) is 37.6 Å². The van der Waals surface area contributed by atoms with Crippen LogP contribution in [0, 0.1) is 5.82 Å². The summed E-state index contributed by atoms with van der Waals surface area (Å²) in [6.45, 7) is 5.85. The molecule has 1 aliphatic heterocycles. The predicted molar refractivity (Wildman–Crippen MR) is 133 cm³/mol. The van der Waals surface area contributed by atoms with Gasteiger partial charge in [-0.25, -0.2) is 9.18 Å². The van der Waals surface area contributed by atoms with Crippen LogP contribution in [0.5, 0.6) is 5.75 Å². The quantitative estimate of drug-likeness (QED) is 0.381. The molecule has 36 heavy (non-hydrogen) atoms. The van der Waals surface area contributed by atoms with Gasteiger partial charge in [0.2, 0.25) is 0 Å². The summed E-state index contributed by atoms with van der Waals surface area (Å²) in [6.07, 6.45) is 0. The number of hydrogen-bond acceptors (Lipinski definition) is 6. The predicted octanol–water partition coefficient (Wildman–Crippen LogP) is 2.79. The number of aryl methyl sites for hydroxylation is 1. The number of carboxylic acids is 1. The summed E-state index contributed by atoms with van der Waals surface area (Å²) in [7, 11) is 3.16. The Kier molecular flexibility index (Phi) is 6.73. The monoisotopic (exact) mass is 496 g/mol. The lowest BCUT2D eigenvalue weighted by Gasteiger charge is -2.45. The van der Waals surface area contributed by atoms with Crippen LogP contribution in [-0.2, 0) is 18.4 Å². The van der Waals surface area contributed by atoms with E-state index >= 15 is 0 Å². The lowest BCUT2D eigenvalue weighted by Crippen LogP contribution is -2.56. The van der Waals surface area contributed by atoms with Gasteiger partial charge in [0.25, 0.3) is 11.7 Å². The maximum Gasteiger partial charge on any atom is 0.377 e. The number of ketones is 1. The lowest BCUT2D eigenvalue weighted by molar-refractivity contribution is -0.131. The molecule has 1 aromatic heterocycles. The minimum Gasteiger partial charge on any atom is -0.496 e. The highest BCUT2D eigenvalue weighted by Crippen LogP contribution is 2.38. The first kappa shape index (κ1) is 25.2. The summed E-state index contributed by atoms with van der Waals surface area (Å²) >= 11 is 0. The Morgan fingerprint density at radius 3 is 2.36 bits per heavy atom. The van der Waals surface area contributed by atoms with Crippen molar-refractivity contribution in [1.29, 1.82) is 0 Å². The third-order valence-corrected chi connectivity index (χ3v) is 6.86. The van der Waals surface area contributed by atoms with Gasteiger partial charge in [-0.3, -0.25) is 14.5 Å². The number of anilines is 1. The number of carbonyl (C=O) groups is 3. The van der Waals surface area contributed by atoms with Crippen LogP contribution in [0.1, 0.15) is 40.1 Å². The molecule has 3 aromatic rings. The molecule has 1 saturated heterocycles. The second-order valence-corrected chi connectivity index (χ2v) is 9.23. The third kappa shape index (κ3) is 4.39. The topological polar surface area (TPSA) is 118 Å². The number of primary amides is 1. The van der Waals surface area contributed by atoms with Gasteiger partial charge in [0, 0.05) is 50.2 Å². The molecule has 0 saturated carbocycles. The standard InChI is InChI=1S/C26H29FN4O5/c1-14-12-31(15(2)11-30(14)13-16-5-7-17(27)8-6-16)25-22(23(32)26(34)35)18-9-19(24(28)33)21(36-4)10-20(18)29(25)3/h5-10,14-15H,11-13H2,1-4H3,(H2,28,33)(H,34,35)/t14-,15+/m0/s1. The molecular formula is C26H29FN4O5. The van der Waals surface area contributed by atoms with Gasteiger partial charge in [-0.15, -0.1) is 0 Å². The first-order valence-electron chi connectivity index (χ1n) is 11.6. The van der Waals surface area contributed by atoms with Gasteiger partial charge in [0.05, 0.1) is 23.8 Å². The minimum absolute atomic E-state index is 0.0104. The number of ether oxygens (including phenoxy) is 1. The number of carboxylic acid groups (broad SMARTS) is 1. The van der Waals surface area contributed by atoms with E-state index in [0.717, 1.165) is 5.56 Å². The fourth-order valence-corrected chi connectivity index (χ4v) is 5.02. The number of rotatable bonds is 7. The molecule has 0 bridgehead atoms. The average Bonchev–Trinajstić information content (AvgIpc) is 3.12. The van der Waals surface area contributed by atoms with Gasteiger partial charge in [-0.1, -0.05) is 12.1 Å². The van der Waals surface area contributed by atoms with E-state index in [1.54, 1.807) is 29.8 Å². The summed E-state index contributed by atoms with van der Waals surface area (Å²) in [5.41, 5.74) is 7.12. The number of fused-ring (bicyclic) bond motifs is 1. The van der Waals surface area contributed by atoms with Crippen molar-refractivity contribution in [1.82, 2.24) is 9.47 Å². The fourth-order valence-electron chi connectivity index (χ4n) is 5.02. The maximum absolute atomic E-state index is 13.3. The van der Waals surface area contributed by atoms with Crippen molar-refractivity contribution in [2.24, 2.45) is 12.8 Å². The SMILES string of the molecule is COc1cc2c(cc1C(N)=O)c(C(=O)C(=O)O)c(N1C[C@H](C)N(Cc3ccc(F)cc3)C[C@H]1C)n2C. The van der Waals surface area contributed by atoms with E-state index in [9.17, 15) is 23.9 Å². The molecule has 4 rings (SSSR count). The highest BCUT2D eigenvalue weighted by Gasteiger charge is 2.36. The zero-order valence-corrected chi connectivity index (χ0v) is 20.6. The zero-order valence-electron chi connectivity index (χ0n) is 20.6. The van der Waals surface area contributed by atoms with Gasteiger partial charge in [0.15, 0.2) is 0 Å². The number of benzene rings is 2. The molecule has 3 N–H and O–H groups in total. The molecule has 0 aliphatic carbocycles. The van der Waals surface area contributed by atoms with E-state index in [4.69, 9.17) is 10.5 Å². The number of methoxy groups -OCH3 is 1. The van der Waals surface area contributed by atoms with Crippen LogP contribution >= 0.6 is 0 Å². The minimum atomic E-state index is -1.59. The fraction of sp³-hybridized carbons (Fsp3) is 0.346. The number of hydrogen-bond donors (Lipinski definition) is 2. The molecule has 1 aliphatic rings. The Morgan fingerprint density at radius 1 is 1.11 bits per heavy atom. The number of Topliss-reactive ketones (excluding diaryl/α,β-unsaturated/α-hetero) is 1. The largest absolute Gasteiger partial charge is 0.496 e. The molecule has 2 atom stereocenters. The molecule has 2 aromatic carbocycles. The molecule has 0 spiro atoms. The Morgan fingerprint density at radius 2 is 1.78 bits per heavy atom. The van der Waals surface area contributed by atoms with Crippen LogP contribution in [0.3, 0.4) is 0 Å². The van der Waals surface area contributed by atoms with E-state index in [2.05, 4.69) is 11.8 Å². The van der Waals surface area contributed by atoms with Crippen molar-refractivity contribution in [3.63, 3.8) is 0 Å². The number of amides is 1. The summed E-state index contributed by atoms with van der Waals surface area (Å²) in [5.74, 6) is -2.98. The Balaban J connectivity index is 1.79. The summed E-state index contributed by atoms with van der Waals surface area (Å²) in [5, 5.41) is 9.94. The van der Waals surface area contributed by atoms with Crippen LogP contribution < -0.4 is 15.4 Å². The smallest absolute Gasteiger partial charge is 0.377 e. The third-order valence-electron chi connectivity index (χ3n) is 6.86. The Bertz CT molecular complexity index is 1350. The normalized spacial score (nSPS) is 18.4. The summed E-state index contributed by atoms with van der Waals surface area (Å²) in [4.78, 5) is 41.1. The van der Waals surface area contributed by atoms with E-state index in [0.29, 0.717) is 36.4 Å². The zero-order chi connectivity index (χ0) is 26.3. The number of carbonyl (C=O) groups excluding carboxylic acids is 2. The van der Waals surface area contributed by atoms with Crippen molar-refractivity contribution in [3.05, 3.63) is 58.9 Å². The molecule has 2 heterocycles. The first-order valence-corrected chi connectivity index (χ1v) is 11.6. The van der Waals surface area contributed by atoms with E-state index in [1.165, 1.54) is 25.3 Å². The maximum atomic E-state index is 13.3. The van der Waals surface area contributed by atoms with E-state index < -0.39 is 17.7 Å². The number of aromatic nitrogens is 1. The second kappa shape index (κ2) is 9.62. The van der Waals surface area contributed by atoms with Crippen molar-refractivity contribution < 1.29 is 28.6 Å². The molecule has 0 radical (unpaired) electrons. The highest BCUT2D eigenvalue weighted by molar-refractivity contribution is 6.44. The molecule has 9 nitrogen and oxygen atoms in total. The lowest BCUT2D eigenvalue weighted by atomic mass is 10.0. The Labute approximate surface area is 207 Å². The van der Waals surface area contributed by atoms with E-state index in [-0.39, 0.29) is 34.8 Å². The van der Waals surface area contributed by atoms with Gasteiger partial charge in [-0.2, -0.15) is 0 Å². The second-order valence-electron chi connectivity index (χ2n) is 9.23. The summed E-state index contributed by atoms with van der Waals surface area (Å²) < 4.78 is 20.4.